The molecule has 0 aliphatic heterocycles. The lowest BCUT2D eigenvalue weighted by molar-refractivity contribution is -0.145. The fourth-order valence-electron chi connectivity index (χ4n) is 2.83. The Labute approximate surface area is 184 Å². The number of aliphatic carboxylic acids is 1. The van der Waals surface area contributed by atoms with E-state index in [0.29, 0.717) is 12.8 Å². The Morgan fingerprint density at radius 1 is 0.742 bits per heavy atom. The number of nitrogens with one attached hydrogen (secondary N) is 3. The smallest absolute Gasteiger partial charge is 0.328 e. The van der Waals surface area contributed by atoms with E-state index in [4.69, 9.17) is 5.73 Å². The van der Waals surface area contributed by atoms with Crippen molar-refractivity contribution in [1.29, 1.82) is 0 Å². The van der Waals surface area contributed by atoms with Gasteiger partial charge in [0.05, 0.1) is 12.1 Å². The summed E-state index contributed by atoms with van der Waals surface area (Å²) in [5.41, 5.74) is 5.89. The number of hydrogen-bond donors (Lipinski definition) is 6. The van der Waals surface area contributed by atoms with Gasteiger partial charge in [-0.05, 0) is 24.7 Å². The van der Waals surface area contributed by atoms with Gasteiger partial charge in [-0.15, -0.1) is 0 Å². The number of rotatable bonds is 13. The number of nitrogens with two attached hydrogens (primary N) is 1. The van der Waals surface area contributed by atoms with Crippen LogP contribution in [0.4, 0.5) is 0 Å². The van der Waals surface area contributed by atoms with Crippen LogP contribution < -0.4 is 21.7 Å². The topological polar surface area (TPSA) is 171 Å². The molecule has 180 valence electrons. The van der Waals surface area contributed by atoms with Gasteiger partial charge in [-0.1, -0.05) is 54.4 Å². The molecule has 0 aliphatic carbocycles. The van der Waals surface area contributed by atoms with Gasteiger partial charge in [-0.25, -0.2) is 4.79 Å². The Morgan fingerprint density at radius 2 is 1.10 bits per heavy atom. The molecular formula is C21H40N4O6. The number of carboxylic acids is 1. The Balaban J connectivity index is 5.63. The van der Waals surface area contributed by atoms with Crippen LogP contribution in [0.2, 0.25) is 0 Å². The maximum absolute atomic E-state index is 13.0. The van der Waals surface area contributed by atoms with Gasteiger partial charge in [0.15, 0.2) is 6.04 Å². The van der Waals surface area contributed by atoms with Gasteiger partial charge in [0.1, 0.15) is 12.1 Å². The summed E-state index contributed by atoms with van der Waals surface area (Å²) in [6.45, 7) is 12.1. The lowest BCUT2D eigenvalue weighted by Crippen LogP contribution is -2.61. The summed E-state index contributed by atoms with van der Waals surface area (Å²) in [5, 5.41) is 26.5. The van der Waals surface area contributed by atoms with Crippen molar-refractivity contribution in [2.45, 2.75) is 91.6 Å². The third kappa shape index (κ3) is 8.82. The Kier molecular flexibility index (Phi) is 12.3. The van der Waals surface area contributed by atoms with E-state index < -0.39 is 54.0 Å². The molecule has 7 N–H and O–H groups in total. The van der Waals surface area contributed by atoms with Crippen LogP contribution in [0, 0.1) is 17.8 Å². The summed E-state index contributed by atoms with van der Waals surface area (Å²) in [7, 11) is 0. The van der Waals surface area contributed by atoms with E-state index in [9.17, 15) is 29.4 Å². The standard InChI is InChI=1S/C21H40N4O6/c1-8-11(5)15(23-18(27)14(22)10(3)4)19(28)24-16(12(6)9-2)20(29)25-17(13(7)26)21(30)31/h10-17,26H,8-9,22H2,1-7H3,(H,23,27)(H,24,28)(H,25,29)(H,30,31). The van der Waals surface area contributed by atoms with Crippen molar-refractivity contribution in [1.82, 2.24) is 16.0 Å². The van der Waals surface area contributed by atoms with Crippen molar-refractivity contribution >= 4 is 23.7 Å². The third-order valence-corrected chi connectivity index (χ3v) is 5.65. The molecule has 31 heavy (non-hydrogen) atoms. The molecule has 0 heterocycles. The van der Waals surface area contributed by atoms with E-state index in [1.54, 1.807) is 27.7 Å². The average molecular weight is 445 g/mol. The van der Waals surface area contributed by atoms with Crippen LogP contribution >= 0.6 is 0 Å². The molecule has 7 unspecified atom stereocenters. The summed E-state index contributed by atoms with van der Waals surface area (Å²) >= 11 is 0. The molecule has 0 aromatic heterocycles. The number of hydrogen-bond acceptors (Lipinski definition) is 6. The Hall–Kier alpha value is -2.20. The quantitative estimate of drug-likeness (QED) is 0.232. The highest BCUT2D eigenvalue weighted by Gasteiger charge is 2.35. The van der Waals surface area contributed by atoms with Crippen LogP contribution in [-0.2, 0) is 19.2 Å². The van der Waals surface area contributed by atoms with Crippen LogP contribution in [0.3, 0.4) is 0 Å². The SMILES string of the molecule is CCC(C)C(NC(=O)C(N)C(C)C)C(=O)NC(C(=O)NC(C(=O)O)C(C)O)C(C)CC. The first-order chi connectivity index (χ1) is 14.3. The fraction of sp³-hybridized carbons (Fsp3) is 0.810. The highest BCUT2D eigenvalue weighted by molar-refractivity contribution is 5.94. The van der Waals surface area contributed by atoms with Crippen molar-refractivity contribution in [3.8, 4) is 0 Å². The molecule has 0 saturated heterocycles. The van der Waals surface area contributed by atoms with Crippen LogP contribution in [0.5, 0.6) is 0 Å². The highest BCUT2D eigenvalue weighted by Crippen LogP contribution is 2.13. The van der Waals surface area contributed by atoms with Crippen LogP contribution in [0.25, 0.3) is 0 Å². The van der Waals surface area contributed by atoms with Gasteiger partial charge in [0.25, 0.3) is 0 Å². The lowest BCUT2D eigenvalue weighted by atomic mass is 9.94. The molecule has 0 aromatic carbocycles. The van der Waals surface area contributed by atoms with Gasteiger partial charge in [0, 0.05) is 0 Å². The molecule has 10 heteroatoms. The van der Waals surface area contributed by atoms with E-state index >= 15 is 0 Å². The van der Waals surface area contributed by atoms with Crippen LogP contribution in [-0.4, -0.2) is 64.2 Å². The zero-order valence-electron chi connectivity index (χ0n) is 19.6. The molecule has 0 aliphatic rings. The normalized spacial score (nSPS) is 18.1. The van der Waals surface area contributed by atoms with Crippen molar-refractivity contribution in [2.75, 3.05) is 0 Å². The molecule has 0 saturated carbocycles. The van der Waals surface area contributed by atoms with E-state index in [1.807, 2.05) is 13.8 Å². The highest BCUT2D eigenvalue weighted by atomic mass is 16.4. The van der Waals surface area contributed by atoms with E-state index in [0.717, 1.165) is 0 Å². The zero-order valence-corrected chi connectivity index (χ0v) is 19.6. The Bertz CT molecular complexity index is 625. The first-order valence-electron chi connectivity index (χ1n) is 10.9. The fourth-order valence-corrected chi connectivity index (χ4v) is 2.83. The number of amides is 3. The molecule has 0 fully saturated rings. The third-order valence-electron chi connectivity index (χ3n) is 5.65. The van der Waals surface area contributed by atoms with E-state index in [1.165, 1.54) is 6.92 Å². The second-order valence-corrected chi connectivity index (χ2v) is 8.58. The van der Waals surface area contributed by atoms with E-state index in [2.05, 4.69) is 16.0 Å². The second-order valence-electron chi connectivity index (χ2n) is 8.58. The van der Waals surface area contributed by atoms with Gasteiger partial charge >= 0.3 is 5.97 Å². The largest absolute Gasteiger partial charge is 0.480 e. The van der Waals surface area contributed by atoms with Gasteiger partial charge in [-0.3, -0.25) is 14.4 Å². The average Bonchev–Trinajstić information content (AvgIpc) is 2.70. The summed E-state index contributed by atoms with van der Waals surface area (Å²) in [5.74, 6) is -3.78. The summed E-state index contributed by atoms with van der Waals surface area (Å²) in [4.78, 5) is 49.6. The van der Waals surface area contributed by atoms with Crippen molar-refractivity contribution in [3.05, 3.63) is 0 Å². The minimum absolute atomic E-state index is 0.118. The maximum Gasteiger partial charge on any atom is 0.328 e. The summed E-state index contributed by atoms with van der Waals surface area (Å²) in [6.07, 6.45) is -0.193. The monoisotopic (exact) mass is 444 g/mol. The van der Waals surface area contributed by atoms with Crippen molar-refractivity contribution in [3.63, 3.8) is 0 Å². The second kappa shape index (κ2) is 13.3. The molecule has 0 rings (SSSR count). The molecule has 3 amide bonds. The number of aliphatic hydroxyl groups excluding tert-OH is 1. The molecule has 0 radical (unpaired) electrons. The number of carbonyl (C=O) groups is 4. The predicted molar refractivity (Wildman–Crippen MR) is 117 cm³/mol. The van der Waals surface area contributed by atoms with Crippen molar-refractivity contribution < 1.29 is 29.4 Å². The van der Waals surface area contributed by atoms with Crippen LogP contribution in [0.15, 0.2) is 0 Å². The predicted octanol–water partition coefficient (Wildman–Crippen LogP) is -0.0183. The van der Waals surface area contributed by atoms with Gasteiger partial charge < -0.3 is 31.9 Å². The van der Waals surface area contributed by atoms with Crippen molar-refractivity contribution in [2.24, 2.45) is 23.5 Å². The molecule has 0 bridgehead atoms. The number of aliphatic hydroxyl groups is 1. The summed E-state index contributed by atoms with van der Waals surface area (Å²) in [6, 6.07) is -4.24. The van der Waals surface area contributed by atoms with Crippen LogP contribution in [0.1, 0.15) is 61.3 Å². The first-order valence-corrected chi connectivity index (χ1v) is 10.9. The number of carboxylic acid groups (broad SMARTS) is 1. The van der Waals surface area contributed by atoms with Gasteiger partial charge in [-0.2, -0.15) is 0 Å². The lowest BCUT2D eigenvalue weighted by Gasteiger charge is -2.30. The maximum atomic E-state index is 13.0. The van der Waals surface area contributed by atoms with E-state index in [-0.39, 0.29) is 17.8 Å². The van der Waals surface area contributed by atoms with Gasteiger partial charge in [0.2, 0.25) is 17.7 Å². The molecule has 0 spiro atoms. The molecule has 0 aromatic rings. The molecule has 10 nitrogen and oxygen atoms in total. The summed E-state index contributed by atoms with van der Waals surface area (Å²) < 4.78 is 0. The molecular weight excluding hydrogens is 404 g/mol. The number of carbonyl (C=O) groups excluding carboxylic acids is 3. The minimum atomic E-state index is -1.51. The Morgan fingerprint density at radius 3 is 1.39 bits per heavy atom. The minimum Gasteiger partial charge on any atom is -0.480 e. The zero-order chi connectivity index (χ0) is 24.5. The first kappa shape index (κ1) is 28.8. The molecule has 7 atom stereocenters.